The van der Waals surface area contributed by atoms with Crippen LogP contribution in [0, 0.1) is 12.7 Å². The lowest BCUT2D eigenvalue weighted by Gasteiger charge is -2.16. The predicted octanol–water partition coefficient (Wildman–Crippen LogP) is 3.45. The smallest absolute Gasteiger partial charge is 0.255 e. The van der Waals surface area contributed by atoms with Gasteiger partial charge in [-0.05, 0) is 55.0 Å². The second-order valence-electron chi connectivity index (χ2n) is 4.86. The molecule has 3 nitrogen and oxygen atoms in total. The predicted molar refractivity (Wildman–Crippen MR) is 79.9 cm³/mol. The summed E-state index contributed by atoms with van der Waals surface area (Å²) in [6.45, 7) is 1.96. The molecule has 2 rings (SSSR count). The van der Waals surface area contributed by atoms with Crippen molar-refractivity contribution in [1.29, 1.82) is 0 Å². The molecule has 0 aromatic heterocycles. The van der Waals surface area contributed by atoms with E-state index in [1.165, 1.54) is 24.3 Å². The van der Waals surface area contributed by atoms with Crippen LogP contribution in [-0.4, -0.2) is 20.0 Å². The van der Waals surface area contributed by atoms with Crippen molar-refractivity contribution in [3.63, 3.8) is 0 Å². The molecule has 0 spiro atoms. The Bertz CT molecular complexity index is 621. The number of carbonyl (C=O) groups is 1. The van der Waals surface area contributed by atoms with E-state index in [0.29, 0.717) is 11.3 Å². The molecule has 2 aromatic carbocycles. The maximum Gasteiger partial charge on any atom is 0.255 e. The Morgan fingerprint density at radius 3 is 2.30 bits per heavy atom. The molecule has 0 aliphatic rings. The summed E-state index contributed by atoms with van der Waals surface area (Å²) in [6, 6.07) is 11.2. The van der Waals surface area contributed by atoms with Gasteiger partial charge < -0.3 is 10.2 Å². The van der Waals surface area contributed by atoms with Gasteiger partial charge in [0.2, 0.25) is 0 Å². The number of amides is 1. The number of hydrogen-bond acceptors (Lipinski definition) is 2. The third-order valence-corrected chi connectivity index (χ3v) is 3.04. The Morgan fingerprint density at radius 1 is 1.10 bits per heavy atom. The number of carbonyl (C=O) groups excluding carboxylic acids is 1. The molecule has 4 heteroatoms. The zero-order valence-corrected chi connectivity index (χ0v) is 11.8. The molecular weight excluding hydrogens is 255 g/mol. The van der Waals surface area contributed by atoms with Crippen LogP contribution in [0.3, 0.4) is 0 Å². The standard InChI is InChI=1S/C16H17FN2O/c1-11-10-12(4-9-15(11)19(2)3)16(20)18-14-7-5-13(17)6-8-14/h4-10H,1-3H3,(H,18,20). The minimum atomic E-state index is -0.325. The first-order valence-corrected chi connectivity index (χ1v) is 6.32. The van der Waals surface area contributed by atoms with Crippen molar-refractivity contribution in [2.24, 2.45) is 0 Å². The Labute approximate surface area is 118 Å². The molecule has 0 saturated carbocycles. The van der Waals surface area contributed by atoms with Crippen molar-refractivity contribution in [3.05, 3.63) is 59.4 Å². The van der Waals surface area contributed by atoms with Crippen LogP contribution in [0.15, 0.2) is 42.5 Å². The molecule has 0 bridgehead atoms. The summed E-state index contributed by atoms with van der Waals surface area (Å²) >= 11 is 0. The van der Waals surface area contributed by atoms with Crippen LogP contribution in [-0.2, 0) is 0 Å². The van der Waals surface area contributed by atoms with Crippen LogP contribution < -0.4 is 10.2 Å². The average molecular weight is 272 g/mol. The van der Waals surface area contributed by atoms with Crippen LogP contribution in [0.1, 0.15) is 15.9 Å². The lowest BCUT2D eigenvalue weighted by atomic mass is 10.1. The van der Waals surface area contributed by atoms with Crippen molar-refractivity contribution < 1.29 is 9.18 Å². The highest BCUT2D eigenvalue weighted by molar-refractivity contribution is 6.04. The van der Waals surface area contributed by atoms with Crippen LogP contribution >= 0.6 is 0 Å². The number of rotatable bonds is 3. The van der Waals surface area contributed by atoms with Gasteiger partial charge in [-0.2, -0.15) is 0 Å². The van der Waals surface area contributed by atoms with Crippen molar-refractivity contribution >= 4 is 17.3 Å². The Kier molecular flexibility index (Phi) is 4.03. The van der Waals surface area contributed by atoms with E-state index < -0.39 is 0 Å². The van der Waals surface area contributed by atoms with E-state index in [0.717, 1.165) is 11.3 Å². The van der Waals surface area contributed by atoms with Gasteiger partial charge >= 0.3 is 0 Å². The average Bonchev–Trinajstić information content (AvgIpc) is 2.40. The number of hydrogen-bond donors (Lipinski definition) is 1. The first-order chi connectivity index (χ1) is 9.47. The number of nitrogens with zero attached hydrogens (tertiary/aromatic N) is 1. The van der Waals surface area contributed by atoms with Crippen LogP contribution in [0.4, 0.5) is 15.8 Å². The van der Waals surface area contributed by atoms with Gasteiger partial charge in [0.05, 0.1) is 0 Å². The highest BCUT2D eigenvalue weighted by atomic mass is 19.1. The molecular formula is C16H17FN2O. The number of anilines is 2. The number of halogens is 1. The summed E-state index contributed by atoms with van der Waals surface area (Å²) < 4.78 is 12.8. The molecule has 0 radical (unpaired) electrons. The molecule has 0 aliphatic heterocycles. The SMILES string of the molecule is Cc1cc(C(=O)Nc2ccc(F)cc2)ccc1N(C)C. The summed E-state index contributed by atoms with van der Waals surface area (Å²) in [5, 5.41) is 2.74. The second-order valence-corrected chi connectivity index (χ2v) is 4.86. The molecule has 0 aliphatic carbocycles. The summed E-state index contributed by atoms with van der Waals surface area (Å²) in [7, 11) is 3.92. The van der Waals surface area contributed by atoms with Crippen LogP contribution in [0.2, 0.25) is 0 Å². The number of nitrogens with one attached hydrogen (secondary N) is 1. The van der Waals surface area contributed by atoms with E-state index in [9.17, 15) is 9.18 Å². The van der Waals surface area contributed by atoms with E-state index >= 15 is 0 Å². The van der Waals surface area contributed by atoms with Gasteiger partial charge in [-0.1, -0.05) is 0 Å². The summed E-state index contributed by atoms with van der Waals surface area (Å²) in [5.74, 6) is -0.529. The zero-order chi connectivity index (χ0) is 14.7. The first kappa shape index (κ1) is 14.1. The molecule has 0 atom stereocenters. The Morgan fingerprint density at radius 2 is 1.75 bits per heavy atom. The molecule has 0 unspecified atom stereocenters. The van der Waals surface area contributed by atoms with Crippen LogP contribution in [0.25, 0.3) is 0 Å². The number of benzene rings is 2. The van der Waals surface area contributed by atoms with Crippen molar-refractivity contribution in [3.8, 4) is 0 Å². The molecule has 104 valence electrons. The Balaban J connectivity index is 2.17. The van der Waals surface area contributed by atoms with Crippen molar-refractivity contribution in [1.82, 2.24) is 0 Å². The topological polar surface area (TPSA) is 32.3 Å². The quantitative estimate of drug-likeness (QED) is 0.928. The zero-order valence-electron chi connectivity index (χ0n) is 11.8. The van der Waals surface area contributed by atoms with E-state index in [2.05, 4.69) is 5.32 Å². The minimum absolute atomic E-state index is 0.204. The van der Waals surface area contributed by atoms with Gasteiger partial charge in [0.1, 0.15) is 5.82 Å². The summed E-state index contributed by atoms with van der Waals surface area (Å²) in [5.41, 5.74) is 3.26. The molecule has 0 heterocycles. The molecule has 0 saturated heterocycles. The van der Waals surface area contributed by atoms with Crippen molar-refractivity contribution in [2.75, 3.05) is 24.3 Å². The molecule has 0 fully saturated rings. The summed E-state index contributed by atoms with van der Waals surface area (Å²) in [4.78, 5) is 14.1. The van der Waals surface area contributed by atoms with Gasteiger partial charge in [-0.3, -0.25) is 4.79 Å². The highest BCUT2D eigenvalue weighted by Gasteiger charge is 2.09. The first-order valence-electron chi connectivity index (χ1n) is 6.32. The third-order valence-electron chi connectivity index (χ3n) is 3.04. The monoisotopic (exact) mass is 272 g/mol. The maximum absolute atomic E-state index is 12.8. The largest absolute Gasteiger partial charge is 0.377 e. The van der Waals surface area contributed by atoms with Crippen LogP contribution in [0.5, 0.6) is 0 Å². The van der Waals surface area contributed by atoms with Gasteiger partial charge in [-0.15, -0.1) is 0 Å². The Hall–Kier alpha value is -2.36. The van der Waals surface area contributed by atoms with Gasteiger partial charge in [-0.25, -0.2) is 4.39 Å². The fraction of sp³-hybridized carbons (Fsp3) is 0.188. The van der Waals surface area contributed by atoms with Gasteiger partial charge in [0.15, 0.2) is 0 Å². The molecule has 2 aromatic rings. The highest BCUT2D eigenvalue weighted by Crippen LogP contribution is 2.20. The fourth-order valence-electron chi connectivity index (χ4n) is 2.03. The minimum Gasteiger partial charge on any atom is -0.377 e. The van der Waals surface area contributed by atoms with Gasteiger partial charge in [0.25, 0.3) is 5.91 Å². The van der Waals surface area contributed by atoms with Gasteiger partial charge in [0, 0.05) is 31.0 Å². The van der Waals surface area contributed by atoms with E-state index in [-0.39, 0.29) is 11.7 Å². The van der Waals surface area contributed by atoms with Crippen molar-refractivity contribution in [2.45, 2.75) is 6.92 Å². The lowest BCUT2D eigenvalue weighted by molar-refractivity contribution is 0.102. The third kappa shape index (κ3) is 3.15. The lowest BCUT2D eigenvalue weighted by Crippen LogP contribution is -2.14. The normalized spacial score (nSPS) is 10.2. The molecule has 1 amide bonds. The van der Waals surface area contributed by atoms with E-state index in [4.69, 9.17) is 0 Å². The van der Waals surface area contributed by atoms with E-state index in [1.54, 1.807) is 6.07 Å². The molecule has 20 heavy (non-hydrogen) atoms. The molecule has 1 N–H and O–H groups in total. The van der Waals surface area contributed by atoms with E-state index in [1.807, 2.05) is 38.1 Å². The number of aryl methyl sites for hydroxylation is 1. The maximum atomic E-state index is 12.8. The summed E-state index contributed by atoms with van der Waals surface area (Å²) in [6.07, 6.45) is 0. The fourth-order valence-corrected chi connectivity index (χ4v) is 2.03. The second kappa shape index (κ2) is 5.74.